The predicted molar refractivity (Wildman–Crippen MR) is 119 cm³/mol. The van der Waals surface area contributed by atoms with Crippen molar-refractivity contribution in [3.63, 3.8) is 0 Å². The number of benzene rings is 1. The number of ether oxygens (including phenoxy) is 1. The van der Waals surface area contributed by atoms with E-state index in [1.165, 1.54) is 25.0 Å². The molecule has 0 saturated heterocycles. The van der Waals surface area contributed by atoms with Gasteiger partial charge in [-0.3, -0.25) is 9.63 Å². The zero-order chi connectivity index (χ0) is 21.8. The van der Waals surface area contributed by atoms with Gasteiger partial charge in [0.2, 0.25) is 0 Å². The maximum absolute atomic E-state index is 12.7. The van der Waals surface area contributed by atoms with Crippen molar-refractivity contribution in [3.8, 4) is 0 Å². The molecule has 0 radical (unpaired) electrons. The lowest BCUT2D eigenvalue weighted by Crippen LogP contribution is -2.27. The molecule has 10 heteroatoms. The highest BCUT2D eigenvalue weighted by atomic mass is 79.9. The van der Waals surface area contributed by atoms with Gasteiger partial charge < -0.3 is 9.84 Å². The first kappa shape index (κ1) is 24.0. The highest BCUT2D eigenvalue weighted by Gasteiger charge is 2.28. The summed E-state index contributed by atoms with van der Waals surface area (Å²) in [5.41, 5.74) is 1.06. The highest BCUT2D eigenvalue weighted by Crippen LogP contribution is 2.35. The van der Waals surface area contributed by atoms with Crippen LogP contribution in [0, 0.1) is 0 Å². The van der Waals surface area contributed by atoms with E-state index in [-0.39, 0.29) is 12.3 Å². The van der Waals surface area contributed by atoms with Gasteiger partial charge in [-0.1, -0.05) is 43.4 Å². The van der Waals surface area contributed by atoms with Crippen LogP contribution in [0.2, 0.25) is 30.7 Å². The van der Waals surface area contributed by atoms with Crippen LogP contribution in [0.4, 0.5) is 0 Å². The van der Waals surface area contributed by atoms with E-state index in [4.69, 9.17) is 21.2 Å². The molecular formula is C19H27BrClN3O4Si. The number of hydrogen-bond donors (Lipinski definition) is 1. The quantitative estimate of drug-likeness (QED) is 0.312. The molecule has 0 aliphatic heterocycles. The maximum atomic E-state index is 12.7. The summed E-state index contributed by atoms with van der Waals surface area (Å²) in [7, 11) is 1.66. The molecule has 1 heterocycles. The second-order valence-corrected chi connectivity index (χ2v) is 14.6. The minimum Gasteiger partial charge on any atom is -0.382 e. The van der Waals surface area contributed by atoms with Gasteiger partial charge in [0.15, 0.2) is 0 Å². The van der Waals surface area contributed by atoms with Crippen molar-refractivity contribution in [3.05, 3.63) is 50.7 Å². The lowest BCUT2D eigenvalue weighted by molar-refractivity contribution is -0.0759. The molecule has 1 N–H and O–H groups in total. The number of nitrogens with zero attached hydrogens (tertiary/aromatic N) is 3. The fourth-order valence-electron chi connectivity index (χ4n) is 2.61. The molecule has 0 bridgehead atoms. The number of hydrogen-bond acceptors (Lipinski definition) is 5. The summed E-state index contributed by atoms with van der Waals surface area (Å²) in [5.74, 6) is -0.423. The van der Waals surface area contributed by atoms with Crippen molar-refractivity contribution < 1.29 is 19.5 Å². The van der Waals surface area contributed by atoms with Crippen LogP contribution in [-0.4, -0.2) is 54.7 Å². The van der Waals surface area contributed by atoms with Crippen LogP contribution in [-0.2, 0) is 16.3 Å². The molecule has 29 heavy (non-hydrogen) atoms. The molecule has 0 aliphatic rings. The van der Waals surface area contributed by atoms with Crippen molar-refractivity contribution in [1.29, 1.82) is 0 Å². The summed E-state index contributed by atoms with van der Waals surface area (Å²) in [5, 5.41) is 16.9. The first-order valence-corrected chi connectivity index (χ1v) is 14.0. The average Bonchev–Trinajstić information content (AvgIpc) is 3.08. The number of rotatable bonds is 9. The fourth-order valence-corrected chi connectivity index (χ4v) is 4.03. The van der Waals surface area contributed by atoms with Crippen LogP contribution >= 0.6 is 27.5 Å². The number of carbonyl (C=O) groups is 1. The maximum Gasteiger partial charge on any atom is 0.280 e. The third-order valence-corrected chi connectivity index (χ3v) is 7.55. The fraction of sp³-hybridized carbons (Fsp3) is 0.474. The van der Waals surface area contributed by atoms with Gasteiger partial charge >= 0.3 is 0 Å². The van der Waals surface area contributed by atoms with Gasteiger partial charge in [-0.2, -0.15) is 5.10 Å². The number of aromatic nitrogens is 2. The van der Waals surface area contributed by atoms with Gasteiger partial charge in [-0.15, -0.1) is 0 Å². The van der Waals surface area contributed by atoms with Crippen LogP contribution in [0.3, 0.4) is 0 Å². The molecule has 160 valence electrons. The molecule has 1 amide bonds. The molecule has 0 fully saturated rings. The van der Waals surface area contributed by atoms with E-state index < -0.39 is 20.1 Å². The molecule has 1 aromatic heterocycles. The van der Waals surface area contributed by atoms with E-state index in [9.17, 15) is 9.90 Å². The largest absolute Gasteiger partial charge is 0.382 e. The van der Waals surface area contributed by atoms with Gasteiger partial charge in [-0.25, -0.2) is 9.75 Å². The summed E-state index contributed by atoms with van der Waals surface area (Å²) in [6, 6.07) is 6.19. The molecule has 1 atom stereocenters. The number of aliphatic hydroxyl groups excluding tert-OH is 1. The van der Waals surface area contributed by atoms with E-state index in [0.29, 0.717) is 27.4 Å². The smallest absolute Gasteiger partial charge is 0.280 e. The normalized spacial score (nSPS) is 12.8. The van der Waals surface area contributed by atoms with Crippen LogP contribution in [0.1, 0.15) is 27.7 Å². The van der Waals surface area contributed by atoms with E-state index >= 15 is 0 Å². The Morgan fingerprint density at radius 1 is 1.41 bits per heavy atom. The molecule has 1 unspecified atom stereocenters. The topological polar surface area (TPSA) is 76.8 Å². The van der Waals surface area contributed by atoms with Crippen molar-refractivity contribution in [2.24, 2.45) is 0 Å². The van der Waals surface area contributed by atoms with Gasteiger partial charge in [0.1, 0.15) is 12.8 Å². The Hall–Kier alpha value is -1.23. The molecule has 0 aliphatic carbocycles. The van der Waals surface area contributed by atoms with Gasteiger partial charge in [0.25, 0.3) is 5.91 Å². The molecule has 2 aromatic rings. The molecule has 0 saturated carbocycles. The number of amides is 1. The minimum atomic E-state index is -1.23. The van der Waals surface area contributed by atoms with Gasteiger partial charge in [-0.05, 0) is 28.0 Å². The predicted octanol–water partition coefficient (Wildman–Crippen LogP) is 4.33. The lowest BCUT2D eigenvalue weighted by Gasteiger charge is -2.20. The molecule has 1 aromatic carbocycles. The molecule has 0 spiro atoms. The van der Waals surface area contributed by atoms with E-state index in [0.717, 1.165) is 11.1 Å². The summed E-state index contributed by atoms with van der Waals surface area (Å²) in [6.45, 7) is 7.53. The van der Waals surface area contributed by atoms with Crippen molar-refractivity contribution in [1.82, 2.24) is 14.8 Å². The lowest BCUT2D eigenvalue weighted by atomic mass is 10.0. The summed E-state index contributed by atoms with van der Waals surface area (Å²) < 4.78 is 7.84. The number of aliphatic hydroxyl groups is 1. The van der Waals surface area contributed by atoms with Gasteiger partial charge in [0.05, 0.1) is 29.6 Å². The molecule has 7 nitrogen and oxygen atoms in total. The summed E-state index contributed by atoms with van der Waals surface area (Å²) >= 11 is 9.60. The van der Waals surface area contributed by atoms with Crippen molar-refractivity contribution in [2.45, 2.75) is 38.5 Å². The second-order valence-electron chi connectivity index (χ2n) is 7.82. The average molecular weight is 505 g/mol. The monoisotopic (exact) mass is 503 g/mol. The summed E-state index contributed by atoms with van der Waals surface area (Å²) in [4.78, 5) is 17.7. The number of hydroxylamine groups is 2. The Balaban J connectivity index is 2.38. The Labute approximate surface area is 185 Å². The van der Waals surface area contributed by atoms with Crippen LogP contribution in [0.15, 0.2) is 28.9 Å². The highest BCUT2D eigenvalue weighted by molar-refractivity contribution is 9.10. The number of carbonyl (C=O) groups excluding carboxylic acids is 1. The molecular weight excluding hydrogens is 478 g/mol. The van der Waals surface area contributed by atoms with Gasteiger partial charge in [0, 0.05) is 31.8 Å². The van der Waals surface area contributed by atoms with Crippen molar-refractivity contribution >= 4 is 41.5 Å². The molecule has 2 rings (SSSR count). The number of halogens is 2. The van der Waals surface area contributed by atoms with E-state index in [1.807, 2.05) is 0 Å². The zero-order valence-corrected chi connectivity index (χ0v) is 20.6. The van der Waals surface area contributed by atoms with E-state index in [2.05, 4.69) is 40.7 Å². The van der Waals surface area contributed by atoms with Crippen LogP contribution in [0.5, 0.6) is 0 Å². The van der Waals surface area contributed by atoms with Crippen molar-refractivity contribution in [2.75, 3.05) is 20.8 Å². The first-order chi connectivity index (χ1) is 13.6. The Kier molecular flexibility index (Phi) is 8.44. The van der Waals surface area contributed by atoms with E-state index in [1.54, 1.807) is 18.2 Å². The SMILES string of the molecule is CON(C)C(=O)c1cnn(COCC[Si](C)(C)C)c1C(O)c1cccc(Cl)c1Br. The second kappa shape index (κ2) is 10.2. The van der Waals surface area contributed by atoms with Crippen LogP contribution < -0.4 is 0 Å². The Bertz CT molecular complexity index is 856. The minimum absolute atomic E-state index is 0.124. The third kappa shape index (κ3) is 6.13. The summed E-state index contributed by atoms with van der Waals surface area (Å²) in [6.07, 6.45) is 0.270. The standard InChI is InChI=1S/C19H27BrClN3O4Si/c1-23(27-2)19(26)14-11-22-24(12-28-9-10-29(3,4)5)17(14)18(25)13-7-6-8-15(21)16(13)20/h6-8,11,18,25H,9-10,12H2,1-5H3. The Morgan fingerprint density at radius 2 is 2.10 bits per heavy atom. The third-order valence-electron chi connectivity index (χ3n) is 4.42. The first-order valence-electron chi connectivity index (χ1n) is 9.14. The van der Waals surface area contributed by atoms with Crippen LogP contribution in [0.25, 0.3) is 0 Å². The zero-order valence-electron chi connectivity index (χ0n) is 17.3. The Morgan fingerprint density at radius 3 is 2.72 bits per heavy atom.